The highest BCUT2D eigenvalue weighted by Crippen LogP contribution is 2.17. The van der Waals surface area contributed by atoms with Crippen LogP contribution in [0.1, 0.15) is 11.1 Å². The number of fused-ring (bicyclic) bond motifs is 1. The van der Waals surface area contributed by atoms with Crippen LogP contribution in [0.4, 0.5) is 0 Å². The lowest BCUT2D eigenvalue weighted by molar-refractivity contribution is 0.958. The van der Waals surface area contributed by atoms with Gasteiger partial charge in [0.05, 0.1) is 0 Å². The van der Waals surface area contributed by atoms with Crippen LogP contribution in [0, 0.1) is 6.92 Å². The number of rotatable bonds is 1. The first kappa shape index (κ1) is 7.97. The van der Waals surface area contributed by atoms with Gasteiger partial charge in [-0.15, -0.1) is 0 Å². The Kier molecular flexibility index (Phi) is 2.00. The molecular formula is C8H8IN3. The molecule has 1 N–H and O–H groups in total. The van der Waals surface area contributed by atoms with E-state index in [1.165, 1.54) is 11.1 Å². The monoisotopic (exact) mass is 273 g/mol. The summed E-state index contributed by atoms with van der Waals surface area (Å²) in [6.07, 6.45) is 0. The van der Waals surface area contributed by atoms with E-state index in [0.717, 1.165) is 15.5 Å². The Hall–Kier alpha value is -0.650. The third-order valence-electron chi connectivity index (χ3n) is 1.83. The first-order chi connectivity index (χ1) is 5.81. The number of nitrogens with one attached hydrogen (secondary N) is 1. The van der Waals surface area contributed by atoms with Crippen molar-refractivity contribution in [1.82, 2.24) is 15.4 Å². The van der Waals surface area contributed by atoms with Crippen molar-refractivity contribution in [2.45, 2.75) is 11.4 Å². The van der Waals surface area contributed by atoms with Gasteiger partial charge in [0.2, 0.25) is 0 Å². The maximum Gasteiger partial charge on any atom is 0.115 e. The Bertz CT molecular complexity index is 408. The molecule has 12 heavy (non-hydrogen) atoms. The molecule has 0 saturated heterocycles. The van der Waals surface area contributed by atoms with Gasteiger partial charge in [-0.1, -0.05) is 28.7 Å². The molecule has 2 aromatic rings. The highest BCUT2D eigenvalue weighted by atomic mass is 127. The quantitative estimate of drug-likeness (QED) is 0.639. The Morgan fingerprint density at radius 3 is 3.00 bits per heavy atom. The first-order valence-corrected chi connectivity index (χ1v) is 5.20. The van der Waals surface area contributed by atoms with E-state index in [9.17, 15) is 0 Å². The first-order valence-electron chi connectivity index (χ1n) is 3.67. The van der Waals surface area contributed by atoms with Crippen LogP contribution in [0.2, 0.25) is 0 Å². The van der Waals surface area contributed by atoms with Crippen molar-refractivity contribution >= 4 is 33.6 Å². The summed E-state index contributed by atoms with van der Waals surface area (Å²) in [6, 6.07) is 4.22. The van der Waals surface area contributed by atoms with Crippen molar-refractivity contribution in [3.8, 4) is 0 Å². The molecule has 0 amide bonds. The maximum atomic E-state index is 4.06. The second kappa shape index (κ2) is 3.01. The molecule has 0 unspecified atom stereocenters. The van der Waals surface area contributed by atoms with Crippen molar-refractivity contribution in [3.05, 3.63) is 23.3 Å². The molecule has 0 aliphatic rings. The molecule has 4 heteroatoms. The molecule has 62 valence electrons. The lowest BCUT2D eigenvalue weighted by Crippen LogP contribution is -1.82. The molecule has 3 nitrogen and oxygen atoms in total. The summed E-state index contributed by atoms with van der Waals surface area (Å²) in [5.41, 5.74) is 4.42. The van der Waals surface area contributed by atoms with E-state index in [-0.39, 0.29) is 0 Å². The SMILES string of the molecule is Cc1cc(CI)cc2n[nH]nc12. The number of aryl methyl sites for hydroxylation is 1. The Morgan fingerprint density at radius 2 is 2.25 bits per heavy atom. The lowest BCUT2D eigenvalue weighted by Gasteiger charge is -1.97. The van der Waals surface area contributed by atoms with Gasteiger partial charge in [0.1, 0.15) is 11.0 Å². The van der Waals surface area contributed by atoms with Gasteiger partial charge in [-0.25, -0.2) is 0 Å². The average molecular weight is 273 g/mol. The number of hydrogen-bond donors (Lipinski definition) is 1. The number of nitrogens with zero attached hydrogens (tertiary/aromatic N) is 2. The van der Waals surface area contributed by atoms with Crippen LogP contribution in [0.5, 0.6) is 0 Å². The molecule has 0 saturated carbocycles. The zero-order valence-corrected chi connectivity index (χ0v) is 8.79. The minimum Gasteiger partial charge on any atom is -0.197 e. The third kappa shape index (κ3) is 1.20. The molecule has 1 aromatic heterocycles. The molecule has 2 rings (SSSR count). The largest absolute Gasteiger partial charge is 0.197 e. The Labute approximate surface area is 83.7 Å². The van der Waals surface area contributed by atoms with Gasteiger partial charge in [-0.05, 0) is 24.1 Å². The van der Waals surface area contributed by atoms with Gasteiger partial charge in [0.25, 0.3) is 0 Å². The van der Waals surface area contributed by atoms with Crippen molar-refractivity contribution in [3.63, 3.8) is 0 Å². The molecular weight excluding hydrogens is 265 g/mol. The second-order valence-corrected chi connectivity index (χ2v) is 3.50. The molecule has 0 aliphatic carbocycles. The van der Waals surface area contributed by atoms with E-state index in [2.05, 4.69) is 57.1 Å². The van der Waals surface area contributed by atoms with Gasteiger partial charge < -0.3 is 0 Å². The summed E-state index contributed by atoms with van der Waals surface area (Å²) in [5, 5.41) is 10.7. The fraction of sp³-hybridized carbons (Fsp3) is 0.250. The topological polar surface area (TPSA) is 41.6 Å². The molecule has 0 fully saturated rings. The van der Waals surface area contributed by atoms with Gasteiger partial charge in [0.15, 0.2) is 0 Å². The summed E-state index contributed by atoms with van der Waals surface area (Å²) < 4.78 is 1.02. The van der Waals surface area contributed by atoms with Crippen LogP contribution in [-0.2, 0) is 4.43 Å². The van der Waals surface area contributed by atoms with E-state index in [1.54, 1.807) is 0 Å². The lowest BCUT2D eigenvalue weighted by atomic mass is 10.1. The standard InChI is InChI=1S/C8H8IN3/c1-5-2-6(4-9)3-7-8(5)11-12-10-7/h2-3H,4H2,1H3,(H,10,11,12). The van der Waals surface area contributed by atoms with Gasteiger partial charge in [0, 0.05) is 4.43 Å². The summed E-state index contributed by atoms with van der Waals surface area (Å²) in [5.74, 6) is 0. The smallest absolute Gasteiger partial charge is 0.115 e. The fourth-order valence-electron chi connectivity index (χ4n) is 1.27. The fourth-order valence-corrected chi connectivity index (χ4v) is 1.71. The van der Waals surface area contributed by atoms with Gasteiger partial charge >= 0.3 is 0 Å². The number of alkyl halides is 1. The summed E-state index contributed by atoms with van der Waals surface area (Å²) >= 11 is 2.34. The van der Waals surface area contributed by atoms with Crippen LogP contribution in [-0.4, -0.2) is 15.4 Å². The molecule has 0 radical (unpaired) electrons. The van der Waals surface area contributed by atoms with E-state index in [0.29, 0.717) is 0 Å². The number of halogens is 1. The number of benzene rings is 1. The highest BCUT2D eigenvalue weighted by molar-refractivity contribution is 14.1. The number of H-pyrrole nitrogens is 1. The van der Waals surface area contributed by atoms with Gasteiger partial charge in [-0.2, -0.15) is 15.4 Å². The predicted molar refractivity (Wildman–Crippen MR) is 56.3 cm³/mol. The number of hydrogen-bond acceptors (Lipinski definition) is 2. The van der Waals surface area contributed by atoms with E-state index in [1.807, 2.05) is 0 Å². The van der Waals surface area contributed by atoms with Crippen LogP contribution < -0.4 is 0 Å². The number of aromatic amines is 1. The molecule has 1 heterocycles. The normalized spacial score (nSPS) is 10.8. The number of aromatic nitrogens is 3. The van der Waals surface area contributed by atoms with Crippen LogP contribution in [0.3, 0.4) is 0 Å². The van der Waals surface area contributed by atoms with Crippen molar-refractivity contribution in [2.24, 2.45) is 0 Å². The molecule has 1 aromatic carbocycles. The Morgan fingerprint density at radius 1 is 1.42 bits per heavy atom. The summed E-state index contributed by atoms with van der Waals surface area (Å²) in [7, 11) is 0. The van der Waals surface area contributed by atoms with E-state index in [4.69, 9.17) is 0 Å². The van der Waals surface area contributed by atoms with Crippen LogP contribution in [0.15, 0.2) is 12.1 Å². The highest BCUT2D eigenvalue weighted by Gasteiger charge is 2.02. The van der Waals surface area contributed by atoms with Crippen molar-refractivity contribution < 1.29 is 0 Å². The molecule has 0 aliphatic heterocycles. The zero-order valence-electron chi connectivity index (χ0n) is 6.63. The van der Waals surface area contributed by atoms with E-state index < -0.39 is 0 Å². The van der Waals surface area contributed by atoms with Crippen molar-refractivity contribution in [1.29, 1.82) is 0 Å². The summed E-state index contributed by atoms with van der Waals surface area (Å²) in [6.45, 7) is 2.06. The predicted octanol–water partition coefficient (Wildman–Crippen LogP) is 2.20. The average Bonchev–Trinajstić information content (AvgIpc) is 2.52. The van der Waals surface area contributed by atoms with Crippen molar-refractivity contribution in [2.75, 3.05) is 0 Å². The summed E-state index contributed by atoms with van der Waals surface area (Å²) in [4.78, 5) is 0. The molecule has 0 bridgehead atoms. The molecule has 0 atom stereocenters. The maximum absolute atomic E-state index is 4.06. The minimum atomic E-state index is 0.960. The molecule has 0 spiro atoms. The Balaban J connectivity index is 2.75. The second-order valence-electron chi connectivity index (χ2n) is 2.74. The minimum absolute atomic E-state index is 0.960. The van der Waals surface area contributed by atoms with Crippen LogP contribution >= 0.6 is 22.6 Å². The van der Waals surface area contributed by atoms with Crippen LogP contribution in [0.25, 0.3) is 11.0 Å². The zero-order chi connectivity index (χ0) is 8.55. The third-order valence-corrected chi connectivity index (χ3v) is 2.71. The van der Waals surface area contributed by atoms with E-state index >= 15 is 0 Å². The van der Waals surface area contributed by atoms with Gasteiger partial charge in [-0.3, -0.25) is 0 Å².